The lowest BCUT2D eigenvalue weighted by Gasteiger charge is -2.27. The number of rotatable bonds is 8. The van der Waals surface area contributed by atoms with E-state index in [-0.39, 0.29) is 29.6 Å². The Morgan fingerprint density at radius 2 is 2.00 bits per heavy atom. The van der Waals surface area contributed by atoms with Gasteiger partial charge in [0.25, 0.3) is 5.91 Å². The molecule has 26 heavy (non-hydrogen) atoms. The van der Waals surface area contributed by atoms with E-state index < -0.39 is 0 Å². The van der Waals surface area contributed by atoms with Gasteiger partial charge in [-0.3, -0.25) is 9.59 Å². The summed E-state index contributed by atoms with van der Waals surface area (Å²) < 4.78 is 3.75. The van der Waals surface area contributed by atoms with Crippen molar-refractivity contribution < 1.29 is 9.59 Å². The molecule has 1 aromatic heterocycles. The molecule has 0 fully saturated rings. The molecule has 140 valence electrons. The summed E-state index contributed by atoms with van der Waals surface area (Å²) in [6.45, 7) is 8.45. The standard InChI is InChI=1S/C19H26N4O2S/c1-5-19(3,4)20-17(24)12-23(18(25)16-13-26-22-21-16)11-10-15-9-7-6-8-14(15)2/h6-9,13H,5,10-12H2,1-4H3,(H,20,24). The summed E-state index contributed by atoms with van der Waals surface area (Å²) in [6.07, 6.45) is 1.49. The molecule has 2 aromatic rings. The van der Waals surface area contributed by atoms with Gasteiger partial charge in [0.05, 0.1) is 6.54 Å². The van der Waals surface area contributed by atoms with Crippen molar-refractivity contribution in [3.8, 4) is 0 Å². The van der Waals surface area contributed by atoms with Gasteiger partial charge in [0.1, 0.15) is 0 Å². The zero-order valence-electron chi connectivity index (χ0n) is 15.8. The van der Waals surface area contributed by atoms with Crippen LogP contribution in [-0.4, -0.2) is 44.9 Å². The summed E-state index contributed by atoms with van der Waals surface area (Å²) in [5.41, 5.74) is 2.31. The molecular weight excluding hydrogens is 348 g/mol. The Bertz CT molecular complexity index is 744. The highest BCUT2D eigenvalue weighted by atomic mass is 32.1. The summed E-state index contributed by atoms with van der Waals surface area (Å²) in [6, 6.07) is 8.06. The third-order valence-corrected chi connectivity index (χ3v) is 4.98. The van der Waals surface area contributed by atoms with E-state index in [0.717, 1.165) is 23.5 Å². The molecule has 0 aliphatic carbocycles. The lowest BCUT2D eigenvalue weighted by Crippen LogP contribution is -2.49. The van der Waals surface area contributed by atoms with Crippen LogP contribution in [-0.2, 0) is 11.2 Å². The van der Waals surface area contributed by atoms with Crippen molar-refractivity contribution in [1.82, 2.24) is 19.8 Å². The van der Waals surface area contributed by atoms with Crippen LogP contribution in [0.4, 0.5) is 0 Å². The van der Waals surface area contributed by atoms with Crippen molar-refractivity contribution in [3.05, 3.63) is 46.5 Å². The summed E-state index contributed by atoms with van der Waals surface area (Å²) in [4.78, 5) is 26.7. The Labute approximate surface area is 158 Å². The van der Waals surface area contributed by atoms with Crippen LogP contribution >= 0.6 is 11.5 Å². The third kappa shape index (κ3) is 5.62. The Morgan fingerprint density at radius 3 is 2.62 bits per heavy atom. The maximum absolute atomic E-state index is 12.7. The van der Waals surface area contributed by atoms with Gasteiger partial charge in [0.2, 0.25) is 5.91 Å². The van der Waals surface area contributed by atoms with Gasteiger partial charge in [0.15, 0.2) is 5.69 Å². The highest BCUT2D eigenvalue weighted by molar-refractivity contribution is 7.03. The van der Waals surface area contributed by atoms with E-state index in [1.165, 1.54) is 5.56 Å². The first kappa shape index (κ1) is 20.0. The van der Waals surface area contributed by atoms with Gasteiger partial charge < -0.3 is 10.2 Å². The molecule has 0 atom stereocenters. The number of carbonyl (C=O) groups excluding carboxylic acids is 2. The second kappa shape index (κ2) is 8.89. The number of hydrogen-bond acceptors (Lipinski definition) is 5. The number of nitrogens with zero attached hydrogens (tertiary/aromatic N) is 3. The molecule has 0 radical (unpaired) electrons. The lowest BCUT2D eigenvalue weighted by molar-refractivity contribution is -0.123. The van der Waals surface area contributed by atoms with E-state index >= 15 is 0 Å². The van der Waals surface area contributed by atoms with Gasteiger partial charge >= 0.3 is 0 Å². The quantitative estimate of drug-likeness (QED) is 0.771. The number of aromatic nitrogens is 2. The molecular formula is C19H26N4O2S. The second-order valence-electron chi connectivity index (χ2n) is 6.98. The van der Waals surface area contributed by atoms with Crippen LogP contribution in [0.5, 0.6) is 0 Å². The molecule has 0 unspecified atom stereocenters. The van der Waals surface area contributed by atoms with Crippen LogP contribution < -0.4 is 5.32 Å². The van der Waals surface area contributed by atoms with Crippen LogP contribution in [0.2, 0.25) is 0 Å². The maximum atomic E-state index is 12.7. The van der Waals surface area contributed by atoms with Crippen molar-refractivity contribution in [2.24, 2.45) is 0 Å². The van der Waals surface area contributed by atoms with E-state index in [1.807, 2.05) is 52.0 Å². The van der Waals surface area contributed by atoms with E-state index in [2.05, 4.69) is 14.9 Å². The molecule has 1 aromatic carbocycles. The Hall–Kier alpha value is -2.28. The van der Waals surface area contributed by atoms with Crippen molar-refractivity contribution in [3.63, 3.8) is 0 Å². The predicted molar refractivity (Wildman–Crippen MR) is 103 cm³/mol. The highest BCUT2D eigenvalue weighted by Crippen LogP contribution is 2.11. The smallest absolute Gasteiger partial charge is 0.275 e. The number of amides is 2. The first-order chi connectivity index (χ1) is 12.3. The van der Waals surface area contributed by atoms with Crippen LogP contribution in [0.15, 0.2) is 29.6 Å². The van der Waals surface area contributed by atoms with E-state index in [1.54, 1.807) is 10.3 Å². The number of aryl methyl sites for hydroxylation is 1. The monoisotopic (exact) mass is 374 g/mol. The molecule has 0 saturated heterocycles. The van der Waals surface area contributed by atoms with Crippen molar-refractivity contribution in [2.75, 3.05) is 13.1 Å². The lowest BCUT2D eigenvalue weighted by atomic mass is 10.0. The second-order valence-corrected chi connectivity index (χ2v) is 7.59. The molecule has 7 heteroatoms. The molecule has 6 nitrogen and oxygen atoms in total. The van der Waals surface area contributed by atoms with Gasteiger partial charge in [-0.1, -0.05) is 35.7 Å². The van der Waals surface area contributed by atoms with Crippen LogP contribution in [0, 0.1) is 6.92 Å². The minimum atomic E-state index is -0.302. The van der Waals surface area contributed by atoms with Gasteiger partial charge in [-0.15, -0.1) is 5.10 Å². The molecule has 1 heterocycles. The van der Waals surface area contributed by atoms with Crippen LogP contribution in [0.25, 0.3) is 0 Å². The number of hydrogen-bond donors (Lipinski definition) is 1. The minimum Gasteiger partial charge on any atom is -0.350 e. The SMILES string of the molecule is CCC(C)(C)NC(=O)CN(CCc1ccccc1C)C(=O)c1csnn1. The zero-order chi connectivity index (χ0) is 19.2. The van der Waals surface area contributed by atoms with Gasteiger partial charge in [-0.05, 0) is 56.3 Å². The largest absolute Gasteiger partial charge is 0.350 e. The fraction of sp³-hybridized carbons (Fsp3) is 0.474. The summed E-state index contributed by atoms with van der Waals surface area (Å²) in [5, 5.41) is 8.44. The first-order valence-corrected chi connectivity index (χ1v) is 9.58. The zero-order valence-corrected chi connectivity index (χ0v) is 16.6. The van der Waals surface area contributed by atoms with E-state index in [0.29, 0.717) is 13.0 Å². The average molecular weight is 375 g/mol. The molecule has 0 aliphatic heterocycles. The number of benzene rings is 1. The third-order valence-electron chi connectivity index (χ3n) is 4.47. The van der Waals surface area contributed by atoms with E-state index in [4.69, 9.17) is 0 Å². The molecule has 0 bridgehead atoms. The Kier molecular flexibility index (Phi) is 6.85. The predicted octanol–water partition coefficient (Wildman–Crippen LogP) is 2.84. The molecule has 0 spiro atoms. The minimum absolute atomic E-state index is 0.00563. The van der Waals surface area contributed by atoms with Crippen LogP contribution in [0.3, 0.4) is 0 Å². The van der Waals surface area contributed by atoms with Crippen molar-refractivity contribution in [2.45, 2.75) is 46.1 Å². The number of nitrogens with one attached hydrogen (secondary N) is 1. The molecule has 2 amide bonds. The Balaban J connectivity index is 2.10. The van der Waals surface area contributed by atoms with E-state index in [9.17, 15) is 9.59 Å². The number of carbonyl (C=O) groups is 2. The molecule has 2 rings (SSSR count). The van der Waals surface area contributed by atoms with Crippen LogP contribution in [0.1, 0.15) is 48.8 Å². The van der Waals surface area contributed by atoms with Crippen molar-refractivity contribution >= 4 is 23.3 Å². The molecule has 0 aliphatic rings. The topological polar surface area (TPSA) is 75.2 Å². The summed E-state index contributed by atoms with van der Waals surface area (Å²) >= 11 is 1.13. The van der Waals surface area contributed by atoms with Crippen molar-refractivity contribution in [1.29, 1.82) is 0 Å². The summed E-state index contributed by atoms with van der Waals surface area (Å²) in [7, 11) is 0. The van der Waals surface area contributed by atoms with Gasteiger partial charge in [-0.2, -0.15) is 0 Å². The van der Waals surface area contributed by atoms with Gasteiger partial charge in [0, 0.05) is 17.5 Å². The summed E-state index contributed by atoms with van der Waals surface area (Å²) in [5.74, 6) is -0.435. The highest BCUT2D eigenvalue weighted by Gasteiger charge is 2.24. The average Bonchev–Trinajstić information content (AvgIpc) is 3.13. The van der Waals surface area contributed by atoms with Gasteiger partial charge in [-0.25, -0.2) is 0 Å². The molecule has 0 saturated carbocycles. The fourth-order valence-electron chi connectivity index (χ4n) is 2.50. The first-order valence-electron chi connectivity index (χ1n) is 8.74. The normalized spacial score (nSPS) is 11.2. The fourth-order valence-corrected chi connectivity index (χ4v) is 2.93. The maximum Gasteiger partial charge on any atom is 0.275 e. The molecule has 1 N–H and O–H groups in total. The Morgan fingerprint density at radius 1 is 1.27 bits per heavy atom.